The van der Waals surface area contributed by atoms with Crippen LogP contribution in [0.4, 0.5) is 0 Å². The molecule has 1 unspecified atom stereocenters. The monoisotopic (exact) mass is 408 g/mol. The molecule has 0 saturated carbocycles. The lowest BCUT2D eigenvalue weighted by molar-refractivity contribution is 0.407. The molecule has 0 bridgehead atoms. The van der Waals surface area contributed by atoms with Crippen molar-refractivity contribution in [1.82, 2.24) is 0 Å². The van der Waals surface area contributed by atoms with Crippen LogP contribution in [0.5, 0.6) is 5.75 Å². The van der Waals surface area contributed by atoms with Crippen LogP contribution in [0.3, 0.4) is 0 Å². The highest BCUT2D eigenvalue weighted by molar-refractivity contribution is 7.99. The molecule has 0 spiro atoms. The third-order valence-corrected chi connectivity index (χ3v) is 6.42. The number of aryl methyl sites for hydroxylation is 4. The first-order valence-corrected chi connectivity index (χ1v) is 10.9. The van der Waals surface area contributed by atoms with Gasteiger partial charge in [-0.05, 0) is 62.9 Å². The molecule has 3 aromatic rings. The first-order chi connectivity index (χ1) is 13.8. The molecule has 3 rings (SSSR count). The second-order valence-electron chi connectivity index (χ2n) is 7.70. The fraction of sp³-hybridized carbons (Fsp3) is 0.320. The summed E-state index contributed by atoms with van der Waals surface area (Å²) in [5.41, 5.74) is 4.81. The third-order valence-electron chi connectivity index (χ3n) is 5.24. The third kappa shape index (κ3) is 4.76. The summed E-state index contributed by atoms with van der Waals surface area (Å²) in [4.78, 5) is 14.0. The smallest absolute Gasteiger partial charge is 0.347 e. The van der Waals surface area contributed by atoms with E-state index in [1.807, 2.05) is 32.9 Å². The number of hydrogen-bond donors (Lipinski definition) is 1. The topological polar surface area (TPSA) is 50.4 Å². The van der Waals surface area contributed by atoms with Crippen molar-refractivity contribution in [3.05, 3.63) is 80.9 Å². The highest BCUT2D eigenvalue weighted by Gasteiger charge is 2.21. The quantitative estimate of drug-likeness (QED) is 0.471. The molecule has 2 aromatic carbocycles. The van der Waals surface area contributed by atoms with Gasteiger partial charge in [-0.25, -0.2) is 4.79 Å². The van der Waals surface area contributed by atoms with Crippen LogP contribution in [0.15, 0.2) is 56.6 Å². The summed E-state index contributed by atoms with van der Waals surface area (Å²) in [6.07, 6.45) is 0.823. The maximum Gasteiger partial charge on any atom is 0.347 e. The van der Waals surface area contributed by atoms with E-state index in [9.17, 15) is 9.90 Å². The number of aromatic hydroxyl groups is 1. The van der Waals surface area contributed by atoms with Crippen LogP contribution in [0.2, 0.25) is 0 Å². The Kier molecular flexibility index (Phi) is 6.53. The van der Waals surface area contributed by atoms with Gasteiger partial charge in [0.2, 0.25) is 0 Å². The standard InChI is InChI=1S/C25H28O3S/c1-6-19(14-29-20-9-7-15(2)8-10-20)22-13-21(26)24(25(27)28-22)23-17(4)11-16(3)12-18(23)5/h7-13,19,26H,6,14H2,1-5H3. The molecule has 0 fully saturated rings. The summed E-state index contributed by atoms with van der Waals surface area (Å²) >= 11 is 1.73. The number of thioether (sulfide) groups is 1. The van der Waals surface area contributed by atoms with Crippen molar-refractivity contribution in [1.29, 1.82) is 0 Å². The second kappa shape index (κ2) is 8.91. The zero-order valence-corrected chi connectivity index (χ0v) is 18.5. The van der Waals surface area contributed by atoms with Crippen molar-refractivity contribution in [2.24, 2.45) is 0 Å². The first kappa shape index (κ1) is 21.3. The molecular weight excluding hydrogens is 380 g/mol. The van der Waals surface area contributed by atoms with Crippen LogP contribution in [0.25, 0.3) is 11.1 Å². The average molecular weight is 409 g/mol. The van der Waals surface area contributed by atoms with E-state index >= 15 is 0 Å². The van der Waals surface area contributed by atoms with Crippen LogP contribution in [0.1, 0.15) is 47.3 Å². The molecule has 1 atom stereocenters. The van der Waals surface area contributed by atoms with Crippen LogP contribution < -0.4 is 5.63 Å². The van der Waals surface area contributed by atoms with Crippen molar-refractivity contribution >= 4 is 11.8 Å². The first-order valence-electron chi connectivity index (χ1n) is 9.94. The number of hydrogen-bond acceptors (Lipinski definition) is 4. The molecule has 0 amide bonds. The summed E-state index contributed by atoms with van der Waals surface area (Å²) in [5.74, 6) is 1.36. The Morgan fingerprint density at radius 3 is 2.10 bits per heavy atom. The van der Waals surface area contributed by atoms with Crippen molar-refractivity contribution in [2.45, 2.75) is 51.9 Å². The molecule has 3 nitrogen and oxygen atoms in total. The molecule has 4 heteroatoms. The lowest BCUT2D eigenvalue weighted by Crippen LogP contribution is -2.10. The fourth-order valence-electron chi connectivity index (χ4n) is 3.74. The van der Waals surface area contributed by atoms with Gasteiger partial charge < -0.3 is 9.52 Å². The van der Waals surface area contributed by atoms with E-state index in [4.69, 9.17) is 4.42 Å². The van der Waals surface area contributed by atoms with Crippen molar-refractivity contribution in [3.63, 3.8) is 0 Å². The van der Waals surface area contributed by atoms with E-state index in [0.29, 0.717) is 5.76 Å². The lowest BCUT2D eigenvalue weighted by atomic mass is 9.93. The average Bonchev–Trinajstić information content (AvgIpc) is 2.65. The Labute approximate surface area is 176 Å². The Morgan fingerprint density at radius 1 is 0.931 bits per heavy atom. The highest BCUT2D eigenvalue weighted by Crippen LogP contribution is 2.35. The number of rotatable bonds is 6. The van der Waals surface area contributed by atoms with Gasteiger partial charge in [0.05, 0.1) is 0 Å². The summed E-state index contributed by atoms with van der Waals surface area (Å²) in [6.45, 7) is 10.1. The van der Waals surface area contributed by atoms with Gasteiger partial charge in [-0.15, -0.1) is 11.8 Å². The van der Waals surface area contributed by atoms with Gasteiger partial charge in [-0.2, -0.15) is 0 Å². The molecule has 0 radical (unpaired) electrons. The Balaban J connectivity index is 1.91. The van der Waals surface area contributed by atoms with Gasteiger partial charge in [-0.3, -0.25) is 0 Å². The van der Waals surface area contributed by atoms with Gasteiger partial charge in [0.15, 0.2) is 0 Å². The minimum absolute atomic E-state index is 0.00918. The SMILES string of the molecule is CCC(CSc1ccc(C)cc1)c1cc(O)c(-c2c(C)cc(C)cc2C)c(=O)o1. The molecule has 1 heterocycles. The van der Waals surface area contributed by atoms with E-state index in [2.05, 4.69) is 38.1 Å². The van der Waals surface area contributed by atoms with E-state index in [-0.39, 0.29) is 17.2 Å². The zero-order valence-electron chi connectivity index (χ0n) is 17.7. The van der Waals surface area contributed by atoms with Gasteiger partial charge >= 0.3 is 5.63 Å². The normalized spacial score (nSPS) is 12.2. The predicted octanol–water partition coefficient (Wildman–Crippen LogP) is 6.53. The maximum absolute atomic E-state index is 12.8. The molecule has 1 N–H and O–H groups in total. The van der Waals surface area contributed by atoms with E-state index < -0.39 is 5.63 Å². The van der Waals surface area contributed by atoms with Crippen molar-refractivity contribution < 1.29 is 9.52 Å². The van der Waals surface area contributed by atoms with Crippen LogP contribution in [0, 0.1) is 27.7 Å². The van der Waals surface area contributed by atoms with Gasteiger partial charge in [0.1, 0.15) is 17.1 Å². The molecule has 0 saturated heterocycles. The van der Waals surface area contributed by atoms with Crippen LogP contribution in [-0.2, 0) is 0 Å². The predicted molar refractivity (Wildman–Crippen MR) is 121 cm³/mol. The minimum Gasteiger partial charge on any atom is -0.507 e. The fourth-order valence-corrected chi connectivity index (χ4v) is 4.86. The molecule has 0 aliphatic heterocycles. The van der Waals surface area contributed by atoms with Gasteiger partial charge in [0, 0.05) is 22.6 Å². The van der Waals surface area contributed by atoms with E-state index in [0.717, 1.165) is 34.4 Å². The number of benzene rings is 2. The van der Waals surface area contributed by atoms with Crippen molar-refractivity contribution in [3.8, 4) is 16.9 Å². The Bertz CT molecular complexity index is 1040. The molecule has 29 heavy (non-hydrogen) atoms. The minimum atomic E-state index is -0.478. The molecule has 0 aliphatic rings. The van der Waals surface area contributed by atoms with E-state index in [1.54, 1.807) is 17.8 Å². The summed E-state index contributed by atoms with van der Waals surface area (Å²) in [5, 5.41) is 10.7. The van der Waals surface area contributed by atoms with Gasteiger partial charge in [-0.1, -0.05) is 42.3 Å². The lowest BCUT2D eigenvalue weighted by Gasteiger charge is -2.16. The highest BCUT2D eigenvalue weighted by atomic mass is 32.2. The molecule has 152 valence electrons. The zero-order chi connectivity index (χ0) is 21.1. The summed E-state index contributed by atoms with van der Waals surface area (Å²) in [6, 6.07) is 14.1. The largest absolute Gasteiger partial charge is 0.507 e. The van der Waals surface area contributed by atoms with Gasteiger partial charge in [0.25, 0.3) is 0 Å². The van der Waals surface area contributed by atoms with E-state index in [1.165, 1.54) is 10.5 Å². The van der Waals surface area contributed by atoms with Crippen LogP contribution >= 0.6 is 11.8 Å². The summed E-state index contributed by atoms with van der Waals surface area (Å²) in [7, 11) is 0. The molecular formula is C25H28O3S. The molecule has 0 aliphatic carbocycles. The summed E-state index contributed by atoms with van der Waals surface area (Å²) < 4.78 is 5.72. The van der Waals surface area contributed by atoms with Crippen molar-refractivity contribution in [2.75, 3.05) is 5.75 Å². The van der Waals surface area contributed by atoms with Crippen LogP contribution in [-0.4, -0.2) is 10.9 Å². The second-order valence-corrected chi connectivity index (χ2v) is 8.79. The Morgan fingerprint density at radius 2 is 1.55 bits per heavy atom. The Hall–Kier alpha value is -2.46. The molecule has 1 aromatic heterocycles. The maximum atomic E-state index is 12.8.